The third-order valence-electron chi connectivity index (χ3n) is 1.71. The molecule has 0 aliphatic rings. The highest BCUT2D eigenvalue weighted by molar-refractivity contribution is 5.89. The van der Waals surface area contributed by atoms with Crippen molar-refractivity contribution in [1.82, 2.24) is 0 Å². The number of esters is 1. The van der Waals surface area contributed by atoms with Crippen molar-refractivity contribution in [3.63, 3.8) is 0 Å². The molecule has 0 amide bonds. The summed E-state index contributed by atoms with van der Waals surface area (Å²) >= 11 is 0. The van der Waals surface area contributed by atoms with Crippen molar-refractivity contribution >= 4 is 18.4 Å². The minimum atomic E-state index is -0.325. The molecular weight excluding hydrogens is 226 g/mol. The van der Waals surface area contributed by atoms with E-state index < -0.39 is 0 Å². The number of ether oxygens (including phenoxy) is 1. The molecule has 1 aromatic carbocycles. The van der Waals surface area contributed by atoms with Gasteiger partial charge in [0.05, 0.1) is 18.7 Å². The molecule has 0 aliphatic heterocycles. The summed E-state index contributed by atoms with van der Waals surface area (Å²) in [7, 11) is 0. The third kappa shape index (κ3) is 4.35. The van der Waals surface area contributed by atoms with Crippen LogP contribution in [-0.2, 0) is 4.74 Å². The minimum Gasteiger partial charge on any atom is -0.462 e. The van der Waals surface area contributed by atoms with E-state index in [0.717, 1.165) is 5.56 Å². The zero-order chi connectivity index (χ0) is 11.1. The van der Waals surface area contributed by atoms with Crippen LogP contribution in [0.2, 0.25) is 0 Å². The van der Waals surface area contributed by atoms with Crippen LogP contribution in [0.3, 0.4) is 0 Å². The molecule has 0 heterocycles. The topological polar surface area (TPSA) is 52.3 Å². The Morgan fingerprint density at radius 3 is 2.88 bits per heavy atom. The van der Waals surface area contributed by atoms with E-state index in [0.29, 0.717) is 18.7 Å². The van der Waals surface area contributed by atoms with Crippen LogP contribution < -0.4 is 5.73 Å². The van der Waals surface area contributed by atoms with Crippen LogP contribution >= 0.6 is 12.4 Å². The molecule has 4 heteroatoms. The summed E-state index contributed by atoms with van der Waals surface area (Å²) in [4.78, 5) is 11.4. The number of rotatable bonds is 2. The maximum atomic E-state index is 11.4. The Kier molecular flexibility index (Phi) is 7.02. The molecule has 1 rings (SSSR count). The van der Waals surface area contributed by atoms with E-state index in [1.165, 1.54) is 0 Å². The molecule has 0 spiro atoms. The van der Waals surface area contributed by atoms with Gasteiger partial charge >= 0.3 is 5.97 Å². The van der Waals surface area contributed by atoms with E-state index >= 15 is 0 Å². The van der Waals surface area contributed by atoms with Crippen LogP contribution in [0.4, 0.5) is 0 Å². The van der Waals surface area contributed by atoms with Crippen LogP contribution in [-0.4, -0.2) is 19.1 Å². The molecular formula is C12H14ClNO2. The highest BCUT2D eigenvalue weighted by Gasteiger charge is 2.05. The lowest BCUT2D eigenvalue weighted by Crippen LogP contribution is -2.04. The predicted octanol–water partition coefficient (Wildman–Crippen LogP) is 1.60. The number of carbonyl (C=O) groups excluding carboxylic acids is 1. The largest absolute Gasteiger partial charge is 0.462 e. The third-order valence-corrected chi connectivity index (χ3v) is 1.71. The fraction of sp³-hybridized carbons (Fsp3) is 0.250. The smallest absolute Gasteiger partial charge is 0.338 e. The van der Waals surface area contributed by atoms with E-state index in [2.05, 4.69) is 11.8 Å². The van der Waals surface area contributed by atoms with Crippen LogP contribution in [0.25, 0.3) is 0 Å². The first-order valence-electron chi connectivity index (χ1n) is 4.74. The Labute approximate surface area is 101 Å². The van der Waals surface area contributed by atoms with Crippen LogP contribution in [0.1, 0.15) is 22.8 Å². The average Bonchev–Trinajstić information content (AvgIpc) is 2.27. The molecule has 0 radical (unpaired) electrons. The molecule has 1 aromatic rings. The van der Waals surface area contributed by atoms with Gasteiger partial charge in [0.15, 0.2) is 0 Å². The summed E-state index contributed by atoms with van der Waals surface area (Å²) in [5.41, 5.74) is 6.54. The first-order valence-corrected chi connectivity index (χ1v) is 4.74. The number of halogens is 1. The number of hydrogen-bond acceptors (Lipinski definition) is 3. The first-order chi connectivity index (χ1) is 7.27. The lowest BCUT2D eigenvalue weighted by atomic mass is 10.1. The van der Waals surface area contributed by atoms with Gasteiger partial charge < -0.3 is 10.5 Å². The fourth-order valence-corrected chi connectivity index (χ4v) is 1.09. The molecule has 3 nitrogen and oxygen atoms in total. The summed E-state index contributed by atoms with van der Waals surface area (Å²) in [6.45, 7) is 2.46. The second-order valence-electron chi connectivity index (χ2n) is 2.81. The zero-order valence-corrected chi connectivity index (χ0v) is 9.84. The lowest BCUT2D eigenvalue weighted by molar-refractivity contribution is 0.0526. The molecule has 0 saturated heterocycles. The lowest BCUT2D eigenvalue weighted by Gasteiger charge is -2.01. The molecule has 0 saturated carbocycles. The normalized spacial score (nSPS) is 8.38. The Hall–Kier alpha value is -1.50. The summed E-state index contributed by atoms with van der Waals surface area (Å²) < 4.78 is 4.88. The summed E-state index contributed by atoms with van der Waals surface area (Å²) in [6.07, 6.45) is 0. The van der Waals surface area contributed by atoms with Crippen molar-refractivity contribution in [2.24, 2.45) is 5.73 Å². The highest BCUT2D eigenvalue weighted by atomic mass is 35.5. The van der Waals surface area contributed by atoms with Gasteiger partial charge in [-0.3, -0.25) is 0 Å². The van der Waals surface area contributed by atoms with Gasteiger partial charge in [-0.1, -0.05) is 17.9 Å². The van der Waals surface area contributed by atoms with Crippen molar-refractivity contribution in [2.75, 3.05) is 13.2 Å². The molecule has 0 unspecified atom stereocenters. The number of hydrogen-bond donors (Lipinski definition) is 1. The van der Waals surface area contributed by atoms with E-state index in [9.17, 15) is 4.79 Å². The minimum absolute atomic E-state index is 0. The summed E-state index contributed by atoms with van der Waals surface area (Å²) in [5.74, 6) is 5.26. The maximum Gasteiger partial charge on any atom is 0.338 e. The van der Waals surface area contributed by atoms with Crippen molar-refractivity contribution in [3.05, 3.63) is 35.4 Å². The van der Waals surface area contributed by atoms with Crippen LogP contribution in [0.5, 0.6) is 0 Å². The Morgan fingerprint density at radius 2 is 2.25 bits per heavy atom. The first kappa shape index (κ1) is 14.5. The second kappa shape index (κ2) is 7.75. The van der Waals surface area contributed by atoms with Gasteiger partial charge in [0.2, 0.25) is 0 Å². The molecule has 16 heavy (non-hydrogen) atoms. The number of nitrogens with two attached hydrogens (primary N) is 1. The van der Waals surface area contributed by atoms with Gasteiger partial charge in [-0.15, -0.1) is 12.4 Å². The second-order valence-corrected chi connectivity index (χ2v) is 2.81. The zero-order valence-electron chi connectivity index (χ0n) is 9.03. The van der Waals surface area contributed by atoms with Crippen molar-refractivity contribution < 1.29 is 9.53 Å². The number of carbonyl (C=O) groups is 1. The Morgan fingerprint density at radius 1 is 1.50 bits per heavy atom. The van der Waals surface area contributed by atoms with Gasteiger partial charge in [-0.05, 0) is 25.1 Å². The molecule has 0 aromatic heterocycles. The molecule has 0 aliphatic carbocycles. The Balaban J connectivity index is 0.00000225. The Bertz CT molecular complexity index is 407. The maximum absolute atomic E-state index is 11.4. The van der Waals surface area contributed by atoms with Crippen LogP contribution in [0, 0.1) is 11.8 Å². The standard InChI is InChI=1S/C12H13NO2.ClH/c1-2-15-12(14)11-7-3-5-10(9-11)6-4-8-13;/h3,5,7,9H,2,8,13H2,1H3;1H. The van der Waals surface area contributed by atoms with Crippen LogP contribution in [0.15, 0.2) is 24.3 Å². The highest BCUT2D eigenvalue weighted by Crippen LogP contribution is 2.05. The molecule has 0 bridgehead atoms. The number of benzene rings is 1. The van der Waals surface area contributed by atoms with Gasteiger partial charge in [0, 0.05) is 5.56 Å². The van der Waals surface area contributed by atoms with E-state index in [1.54, 1.807) is 25.1 Å². The van der Waals surface area contributed by atoms with Crippen molar-refractivity contribution in [1.29, 1.82) is 0 Å². The van der Waals surface area contributed by atoms with Gasteiger partial charge in [-0.25, -0.2) is 4.79 Å². The van der Waals surface area contributed by atoms with E-state index in [1.807, 2.05) is 6.07 Å². The molecule has 2 N–H and O–H groups in total. The van der Waals surface area contributed by atoms with Gasteiger partial charge in [0.1, 0.15) is 0 Å². The average molecular weight is 240 g/mol. The quantitative estimate of drug-likeness (QED) is 0.630. The van der Waals surface area contributed by atoms with E-state index in [-0.39, 0.29) is 18.4 Å². The monoisotopic (exact) mass is 239 g/mol. The summed E-state index contributed by atoms with van der Waals surface area (Å²) in [5, 5.41) is 0. The summed E-state index contributed by atoms with van der Waals surface area (Å²) in [6, 6.07) is 6.99. The van der Waals surface area contributed by atoms with Crippen molar-refractivity contribution in [2.45, 2.75) is 6.92 Å². The van der Waals surface area contributed by atoms with Gasteiger partial charge in [-0.2, -0.15) is 0 Å². The van der Waals surface area contributed by atoms with Crippen molar-refractivity contribution in [3.8, 4) is 11.8 Å². The molecule has 0 fully saturated rings. The van der Waals surface area contributed by atoms with Gasteiger partial charge in [0.25, 0.3) is 0 Å². The fourth-order valence-electron chi connectivity index (χ4n) is 1.09. The molecule has 0 atom stereocenters. The molecule has 86 valence electrons. The van der Waals surface area contributed by atoms with E-state index in [4.69, 9.17) is 10.5 Å². The SMILES string of the molecule is CCOC(=O)c1cccc(C#CCN)c1.Cl. The predicted molar refractivity (Wildman–Crippen MR) is 65.6 cm³/mol.